The zero-order chi connectivity index (χ0) is 12.1. The Morgan fingerprint density at radius 2 is 2.00 bits per heavy atom. The van der Waals surface area contributed by atoms with Gasteiger partial charge in [0.05, 0.1) is 5.56 Å². The smallest absolute Gasteiger partial charge is 0.254 e. The number of likely N-dealkylation sites (tertiary alicyclic amines) is 1. The number of nitrogens with zero attached hydrogens (tertiary/aromatic N) is 1. The summed E-state index contributed by atoms with van der Waals surface area (Å²) in [4.78, 5) is 15.5. The predicted molar refractivity (Wildman–Crippen MR) is 72.6 cm³/mol. The van der Waals surface area contributed by atoms with E-state index in [-0.39, 0.29) is 5.91 Å². The summed E-state index contributed by atoms with van der Waals surface area (Å²) in [6.07, 6.45) is 3.43. The van der Waals surface area contributed by atoms with Gasteiger partial charge >= 0.3 is 0 Å². The number of rotatable bonds is 4. The molecule has 2 nitrogen and oxygen atoms in total. The van der Waals surface area contributed by atoms with Crippen LogP contribution in [0, 0.1) is 0 Å². The van der Waals surface area contributed by atoms with Crippen molar-refractivity contribution in [2.24, 2.45) is 0 Å². The number of amides is 1. The molecule has 0 N–H and O–H groups in total. The van der Waals surface area contributed by atoms with Gasteiger partial charge in [-0.25, -0.2) is 0 Å². The van der Waals surface area contributed by atoms with Crippen molar-refractivity contribution in [1.29, 1.82) is 0 Å². The van der Waals surface area contributed by atoms with Crippen LogP contribution in [0.3, 0.4) is 0 Å². The number of carbonyl (C=O) groups excluding carboxylic acids is 1. The Bertz CT molecular complexity index is 386. The molecule has 0 atom stereocenters. The minimum atomic E-state index is 0.210. The number of thioether (sulfide) groups is 1. The van der Waals surface area contributed by atoms with E-state index in [1.165, 1.54) is 0 Å². The van der Waals surface area contributed by atoms with Gasteiger partial charge in [-0.15, -0.1) is 11.8 Å². The second-order valence-electron chi connectivity index (χ2n) is 4.34. The standard InChI is InChI=1S/C14H19NOS/c1-2-11-17-13-8-4-3-7-12(13)14(16)15-9-5-6-10-15/h3-4,7-8H,2,5-6,9-11H2,1H3. The Morgan fingerprint density at radius 3 is 2.71 bits per heavy atom. The number of hydrogen-bond donors (Lipinski definition) is 0. The van der Waals surface area contributed by atoms with Crippen molar-refractivity contribution in [3.63, 3.8) is 0 Å². The lowest BCUT2D eigenvalue weighted by atomic mass is 10.2. The molecule has 92 valence electrons. The molecule has 1 saturated heterocycles. The van der Waals surface area contributed by atoms with E-state index in [4.69, 9.17) is 0 Å². The van der Waals surface area contributed by atoms with E-state index < -0.39 is 0 Å². The quantitative estimate of drug-likeness (QED) is 0.762. The largest absolute Gasteiger partial charge is 0.339 e. The molecule has 1 aliphatic rings. The van der Waals surface area contributed by atoms with Crippen LogP contribution in [-0.2, 0) is 0 Å². The zero-order valence-electron chi connectivity index (χ0n) is 10.3. The fourth-order valence-electron chi connectivity index (χ4n) is 2.07. The summed E-state index contributed by atoms with van der Waals surface area (Å²) in [5.41, 5.74) is 0.882. The Kier molecular flexibility index (Phi) is 4.49. The number of carbonyl (C=O) groups is 1. The molecular formula is C14H19NOS. The van der Waals surface area contributed by atoms with Crippen LogP contribution in [0.2, 0.25) is 0 Å². The third kappa shape index (κ3) is 3.03. The van der Waals surface area contributed by atoms with Crippen molar-refractivity contribution in [3.05, 3.63) is 29.8 Å². The molecule has 0 unspecified atom stereocenters. The summed E-state index contributed by atoms with van der Waals surface area (Å²) < 4.78 is 0. The summed E-state index contributed by atoms with van der Waals surface area (Å²) in [6.45, 7) is 4.01. The fourth-order valence-corrected chi connectivity index (χ4v) is 2.98. The highest BCUT2D eigenvalue weighted by Gasteiger charge is 2.21. The zero-order valence-corrected chi connectivity index (χ0v) is 11.1. The van der Waals surface area contributed by atoms with Crippen LogP contribution in [0.15, 0.2) is 29.2 Å². The Labute approximate surface area is 107 Å². The molecule has 0 spiro atoms. The third-order valence-corrected chi connectivity index (χ3v) is 4.25. The first-order chi connectivity index (χ1) is 8.33. The molecule has 0 aliphatic carbocycles. The summed E-state index contributed by atoms with van der Waals surface area (Å²) in [5.74, 6) is 1.28. The SMILES string of the molecule is CCCSc1ccccc1C(=O)N1CCCC1. The maximum atomic E-state index is 12.3. The van der Waals surface area contributed by atoms with Gasteiger partial charge in [-0.2, -0.15) is 0 Å². The topological polar surface area (TPSA) is 20.3 Å². The first-order valence-corrected chi connectivity index (χ1v) is 7.32. The van der Waals surface area contributed by atoms with Crippen molar-refractivity contribution >= 4 is 17.7 Å². The van der Waals surface area contributed by atoms with Gasteiger partial charge in [0, 0.05) is 18.0 Å². The second kappa shape index (κ2) is 6.10. The average Bonchev–Trinajstić information content (AvgIpc) is 2.89. The summed E-state index contributed by atoms with van der Waals surface area (Å²) in [7, 11) is 0. The highest BCUT2D eigenvalue weighted by molar-refractivity contribution is 7.99. The minimum absolute atomic E-state index is 0.210. The average molecular weight is 249 g/mol. The third-order valence-electron chi connectivity index (χ3n) is 2.97. The van der Waals surface area contributed by atoms with E-state index in [0.29, 0.717) is 0 Å². The summed E-state index contributed by atoms with van der Waals surface area (Å²) >= 11 is 1.79. The normalized spacial score (nSPS) is 15.2. The van der Waals surface area contributed by atoms with Gasteiger partial charge in [0.25, 0.3) is 5.91 Å². The van der Waals surface area contributed by atoms with Gasteiger partial charge in [-0.05, 0) is 37.1 Å². The highest BCUT2D eigenvalue weighted by atomic mass is 32.2. The van der Waals surface area contributed by atoms with Crippen LogP contribution >= 0.6 is 11.8 Å². The number of hydrogen-bond acceptors (Lipinski definition) is 2. The molecule has 0 saturated carbocycles. The molecule has 0 bridgehead atoms. The van der Waals surface area contributed by atoms with Gasteiger partial charge < -0.3 is 4.90 Å². The Hall–Kier alpha value is -0.960. The van der Waals surface area contributed by atoms with Gasteiger partial charge in [-0.1, -0.05) is 19.1 Å². The van der Waals surface area contributed by atoms with Crippen LogP contribution in [0.1, 0.15) is 36.5 Å². The van der Waals surface area contributed by atoms with Crippen molar-refractivity contribution in [2.75, 3.05) is 18.8 Å². The first kappa shape index (κ1) is 12.5. The van der Waals surface area contributed by atoms with Crippen LogP contribution in [-0.4, -0.2) is 29.6 Å². The van der Waals surface area contributed by atoms with Crippen molar-refractivity contribution in [3.8, 4) is 0 Å². The van der Waals surface area contributed by atoms with Crippen molar-refractivity contribution < 1.29 is 4.79 Å². The Morgan fingerprint density at radius 1 is 1.29 bits per heavy atom. The first-order valence-electron chi connectivity index (χ1n) is 6.34. The summed E-state index contributed by atoms with van der Waals surface area (Å²) in [5, 5.41) is 0. The maximum Gasteiger partial charge on any atom is 0.254 e. The second-order valence-corrected chi connectivity index (χ2v) is 5.48. The maximum absolute atomic E-state index is 12.3. The van der Waals surface area contributed by atoms with Crippen LogP contribution in [0.5, 0.6) is 0 Å². The minimum Gasteiger partial charge on any atom is -0.339 e. The molecule has 1 fully saturated rings. The van der Waals surface area contributed by atoms with Crippen LogP contribution in [0.4, 0.5) is 0 Å². The van der Waals surface area contributed by atoms with Crippen LogP contribution < -0.4 is 0 Å². The van der Waals surface area contributed by atoms with Crippen molar-refractivity contribution in [2.45, 2.75) is 31.1 Å². The predicted octanol–water partition coefficient (Wildman–Crippen LogP) is 3.42. The molecule has 1 aromatic rings. The lowest BCUT2D eigenvalue weighted by molar-refractivity contribution is 0.0789. The van der Waals surface area contributed by atoms with E-state index in [9.17, 15) is 4.79 Å². The van der Waals surface area contributed by atoms with E-state index >= 15 is 0 Å². The van der Waals surface area contributed by atoms with Gasteiger partial charge in [0.2, 0.25) is 0 Å². The molecule has 0 radical (unpaired) electrons. The van der Waals surface area contributed by atoms with Gasteiger partial charge in [0.15, 0.2) is 0 Å². The lowest BCUT2D eigenvalue weighted by Gasteiger charge is -2.17. The lowest BCUT2D eigenvalue weighted by Crippen LogP contribution is -2.28. The van der Waals surface area contributed by atoms with E-state index in [0.717, 1.165) is 48.6 Å². The van der Waals surface area contributed by atoms with Crippen LogP contribution in [0.25, 0.3) is 0 Å². The number of benzene rings is 1. The molecular weight excluding hydrogens is 230 g/mol. The monoisotopic (exact) mass is 249 g/mol. The van der Waals surface area contributed by atoms with E-state index in [2.05, 4.69) is 13.0 Å². The Balaban J connectivity index is 2.15. The molecule has 1 aliphatic heterocycles. The molecule has 0 aromatic heterocycles. The van der Waals surface area contributed by atoms with Gasteiger partial charge in [0.1, 0.15) is 0 Å². The molecule has 17 heavy (non-hydrogen) atoms. The van der Waals surface area contributed by atoms with E-state index in [1.807, 2.05) is 23.1 Å². The van der Waals surface area contributed by atoms with Gasteiger partial charge in [-0.3, -0.25) is 4.79 Å². The van der Waals surface area contributed by atoms with E-state index in [1.54, 1.807) is 11.8 Å². The molecule has 1 amide bonds. The molecule has 1 heterocycles. The molecule has 2 rings (SSSR count). The fraction of sp³-hybridized carbons (Fsp3) is 0.500. The molecule has 1 aromatic carbocycles. The summed E-state index contributed by atoms with van der Waals surface area (Å²) in [6, 6.07) is 7.99. The highest BCUT2D eigenvalue weighted by Crippen LogP contribution is 2.25. The molecule has 3 heteroatoms. The van der Waals surface area contributed by atoms with Crippen molar-refractivity contribution in [1.82, 2.24) is 4.90 Å².